The summed E-state index contributed by atoms with van der Waals surface area (Å²) in [5.74, 6) is 0. The van der Waals surface area contributed by atoms with E-state index in [9.17, 15) is 0 Å². The molecule has 0 spiro atoms. The van der Waals surface area contributed by atoms with E-state index in [4.69, 9.17) is 32.7 Å². The van der Waals surface area contributed by atoms with Crippen LogP contribution >= 0.6 is 0 Å². The van der Waals surface area contributed by atoms with Crippen molar-refractivity contribution in [3.8, 4) is 0 Å². The molecule has 7 nitrogen and oxygen atoms in total. The molecule has 2 rings (SSSR count). The van der Waals surface area contributed by atoms with E-state index in [1.165, 1.54) is 18.8 Å². The quantitative estimate of drug-likeness (QED) is 0.294. The fourth-order valence-corrected chi connectivity index (χ4v) is 0.791. The van der Waals surface area contributed by atoms with Crippen molar-refractivity contribution in [1.82, 2.24) is 0 Å². The number of hydrogen-bond acceptors (Lipinski definition) is 1. The molecule has 1 radical (unpaired) electrons. The van der Waals surface area contributed by atoms with Gasteiger partial charge in [0.25, 0.3) is 0 Å². The number of rotatable bonds is 0. The summed E-state index contributed by atoms with van der Waals surface area (Å²) in [6.45, 7) is 30.4. The Morgan fingerprint density at radius 2 is 1.00 bits per heavy atom. The van der Waals surface area contributed by atoms with Crippen LogP contribution in [0.4, 0.5) is 0 Å². The summed E-state index contributed by atoms with van der Waals surface area (Å²) < 4.78 is 45.0. The summed E-state index contributed by atoms with van der Waals surface area (Å²) in [6, 6.07) is 18.2. The Kier molecular flexibility index (Phi) is 286. The minimum Gasteiger partial charge on any atom is -0.214 e. The number of aryl methyl sites for hydroxylation is 1. The van der Waals surface area contributed by atoms with Gasteiger partial charge in [-0.2, -0.15) is 43.3 Å². The zero-order chi connectivity index (χ0) is 22.6. The van der Waals surface area contributed by atoms with Gasteiger partial charge in [-0.05, 0) is 0 Å². The van der Waals surface area contributed by atoms with E-state index in [1.807, 2.05) is 42.5 Å². The van der Waals surface area contributed by atoms with Crippen molar-refractivity contribution in [2.45, 2.75) is 13.8 Å². The SMILES string of the molecule is C[C-]=O.Cc1cc[cH-]c1.[C-]#[O+].[C-]#[O+].[C-]#[O+].[C-]#[O+].[C-]#[O+].[C-]#[O+].[Fe].[Fe].[Mn+2].c1cc[cH-]c1. The van der Waals surface area contributed by atoms with Gasteiger partial charge in [-0.3, -0.25) is 6.29 Å². The summed E-state index contributed by atoms with van der Waals surface area (Å²) >= 11 is 0. The third-order valence-electron chi connectivity index (χ3n) is 1.38. The van der Waals surface area contributed by atoms with Crippen molar-refractivity contribution >= 4 is 6.29 Å². The zero-order valence-corrected chi connectivity index (χ0v) is 18.5. The van der Waals surface area contributed by atoms with E-state index in [-0.39, 0.29) is 51.2 Å². The summed E-state index contributed by atoms with van der Waals surface area (Å²) in [7, 11) is 0. The molecule has 0 amide bonds. The first kappa shape index (κ1) is 63.1. The average Bonchev–Trinajstić information content (AvgIpc) is 3.49. The van der Waals surface area contributed by atoms with Gasteiger partial charge in [-0.25, -0.2) is 23.8 Å². The molecule has 0 aliphatic rings. The fraction of sp³-hybridized carbons (Fsp3) is 0.105. The van der Waals surface area contributed by atoms with Gasteiger partial charge in [0.1, 0.15) is 0 Å². The maximum atomic E-state index is 8.68. The van der Waals surface area contributed by atoms with Gasteiger partial charge < -0.3 is 4.79 Å². The Morgan fingerprint density at radius 1 is 0.724 bits per heavy atom. The topological polar surface area (TPSA) is 136 Å². The van der Waals surface area contributed by atoms with E-state index in [0.717, 1.165) is 0 Å². The Bertz CT molecular complexity index is 463. The van der Waals surface area contributed by atoms with Crippen LogP contribution in [0.25, 0.3) is 0 Å². The molecule has 0 aromatic heterocycles. The Morgan fingerprint density at radius 3 is 1.07 bits per heavy atom. The van der Waals surface area contributed by atoms with E-state index >= 15 is 0 Å². The largest absolute Gasteiger partial charge is 2.00 e. The van der Waals surface area contributed by atoms with Crippen LogP contribution in [0.1, 0.15) is 12.5 Å². The van der Waals surface area contributed by atoms with Crippen molar-refractivity contribution in [2.75, 3.05) is 0 Å². The Balaban J connectivity index is -0.0000000182. The Hall–Kier alpha value is -1.63. The van der Waals surface area contributed by atoms with Crippen LogP contribution in [0.3, 0.4) is 0 Å². The van der Waals surface area contributed by atoms with Gasteiger partial charge in [0, 0.05) is 34.1 Å². The van der Waals surface area contributed by atoms with Gasteiger partial charge in [0.05, 0.1) is 0 Å². The summed E-state index contributed by atoms with van der Waals surface area (Å²) in [5.41, 5.74) is 1.34. The summed E-state index contributed by atoms with van der Waals surface area (Å²) in [4.78, 5) is 8.68. The molecule has 2 aromatic carbocycles. The Labute approximate surface area is 203 Å². The molecule has 0 atom stereocenters. The zero-order valence-electron chi connectivity index (χ0n) is 15.1. The fourth-order valence-electron chi connectivity index (χ4n) is 0.791. The van der Waals surface area contributed by atoms with Crippen molar-refractivity contribution in [1.29, 1.82) is 0 Å². The van der Waals surface area contributed by atoms with Gasteiger partial charge in [0.2, 0.25) is 0 Å². The standard InChI is InChI=1S/C6H7.C5H5.C2H3O.6CO.2Fe.Mn/c1-6-4-2-3-5-6;1-2-4-5-3-1;1-2-3;6*1-2;;;/h2-5H,1H3;1-5H;1H3;;;;;;;;;/q3*-1;;;;;;;;;+2. The minimum absolute atomic E-state index is 0. The molecule has 0 unspecified atom stereocenters. The molecular weight excluding hydrogens is 507 g/mol. The van der Waals surface area contributed by atoms with Crippen LogP contribution in [0.15, 0.2) is 54.6 Å². The van der Waals surface area contributed by atoms with Gasteiger partial charge in [-0.1, -0.05) is 6.92 Å². The molecular formula is C19H15Fe2MnO7-. The van der Waals surface area contributed by atoms with Crippen LogP contribution < -0.4 is 0 Å². The van der Waals surface area contributed by atoms with Crippen LogP contribution in [0.5, 0.6) is 0 Å². The van der Waals surface area contributed by atoms with E-state index in [1.54, 1.807) is 0 Å². The molecule has 0 heterocycles. The summed E-state index contributed by atoms with van der Waals surface area (Å²) in [6.07, 6.45) is 1.50. The number of hydrogen-bond donors (Lipinski definition) is 0. The third kappa shape index (κ3) is 146. The second-order valence-electron chi connectivity index (χ2n) is 2.63. The van der Waals surface area contributed by atoms with Crippen LogP contribution in [-0.4, -0.2) is 6.29 Å². The van der Waals surface area contributed by atoms with Crippen molar-refractivity contribution in [2.24, 2.45) is 0 Å². The molecule has 0 aliphatic carbocycles. The summed E-state index contributed by atoms with van der Waals surface area (Å²) in [5, 5.41) is 0. The van der Waals surface area contributed by atoms with E-state index in [0.29, 0.717) is 0 Å². The molecule has 0 fully saturated rings. The first-order chi connectivity index (χ1) is 12.8. The first-order valence-electron chi connectivity index (χ1n) is 5.67. The molecule has 2 aromatic rings. The van der Waals surface area contributed by atoms with Crippen LogP contribution in [0, 0.1) is 46.8 Å². The average molecular weight is 522 g/mol. The monoisotopic (exact) mass is 522 g/mol. The molecule has 10 heteroatoms. The van der Waals surface area contributed by atoms with Crippen molar-refractivity contribution in [3.63, 3.8) is 0 Å². The number of carbonyl (C=O) groups excluding carboxylic acids is 1. The molecule has 0 saturated carbocycles. The molecule has 0 N–H and O–H groups in total. The maximum absolute atomic E-state index is 8.68. The van der Waals surface area contributed by atoms with Crippen molar-refractivity contribution < 1.29 is 83.9 Å². The molecule has 157 valence electrons. The van der Waals surface area contributed by atoms with Gasteiger partial charge in [0.15, 0.2) is 0 Å². The van der Waals surface area contributed by atoms with Gasteiger partial charge in [-0.15, -0.1) is 0 Å². The molecule has 0 aliphatic heterocycles. The second kappa shape index (κ2) is 131. The van der Waals surface area contributed by atoms with E-state index in [2.05, 4.69) is 59.0 Å². The van der Waals surface area contributed by atoms with Gasteiger partial charge >= 0.3 is 84.9 Å². The van der Waals surface area contributed by atoms with E-state index < -0.39 is 0 Å². The molecule has 0 bridgehead atoms. The maximum Gasteiger partial charge on any atom is 2.00 e. The normalized spacial score (nSPS) is 4.07. The second-order valence-corrected chi connectivity index (χ2v) is 2.63. The predicted molar refractivity (Wildman–Crippen MR) is 83.8 cm³/mol. The van der Waals surface area contributed by atoms with Crippen molar-refractivity contribution in [3.05, 3.63) is 100 Å². The smallest absolute Gasteiger partial charge is 0.214 e. The van der Waals surface area contributed by atoms with Crippen LogP contribution in [-0.2, 0) is 83.9 Å². The first-order valence-corrected chi connectivity index (χ1v) is 5.67. The minimum atomic E-state index is 0. The third-order valence-corrected chi connectivity index (χ3v) is 1.38. The predicted octanol–water partition coefficient (Wildman–Crippen LogP) is 3.00. The van der Waals surface area contributed by atoms with Crippen LogP contribution in [0.2, 0.25) is 0 Å². The molecule has 29 heavy (non-hydrogen) atoms. The molecule has 0 saturated heterocycles.